The Labute approximate surface area is 83.7 Å². The lowest BCUT2D eigenvalue weighted by Crippen LogP contribution is -2.05. The van der Waals surface area contributed by atoms with Gasteiger partial charge in [0.05, 0.1) is 0 Å². The van der Waals surface area contributed by atoms with E-state index >= 15 is 0 Å². The van der Waals surface area contributed by atoms with Crippen LogP contribution in [0.5, 0.6) is 0 Å². The molecule has 0 spiro atoms. The predicted octanol–water partition coefficient (Wildman–Crippen LogP) is 2.60. The van der Waals surface area contributed by atoms with Gasteiger partial charge in [-0.3, -0.25) is 4.79 Å². The number of rotatable bonds is 0. The molecule has 0 saturated carbocycles. The maximum atomic E-state index is 11.4. The fourth-order valence-corrected chi connectivity index (χ4v) is 2.08. The molecule has 3 heteroatoms. The summed E-state index contributed by atoms with van der Waals surface area (Å²) in [5.41, 5.74) is 0.966. The van der Waals surface area contributed by atoms with Gasteiger partial charge in [-0.25, -0.2) is 0 Å². The summed E-state index contributed by atoms with van der Waals surface area (Å²) < 4.78 is 1.00. The summed E-state index contributed by atoms with van der Waals surface area (Å²) in [6.07, 6.45) is 1.66. The van der Waals surface area contributed by atoms with Crippen molar-refractivity contribution in [1.82, 2.24) is 4.98 Å². The summed E-state index contributed by atoms with van der Waals surface area (Å²) in [5.74, 6) is 0. The molecule has 2 rings (SSSR count). The van der Waals surface area contributed by atoms with E-state index in [1.165, 1.54) is 0 Å². The van der Waals surface area contributed by atoms with Crippen LogP contribution in [0.4, 0.5) is 0 Å². The van der Waals surface area contributed by atoms with Gasteiger partial charge < -0.3 is 4.98 Å². The number of nitrogens with one attached hydrogen (secondary N) is 1. The lowest BCUT2D eigenvalue weighted by atomic mass is 10.1. The normalized spacial score (nSPS) is 10.6. The molecule has 0 aliphatic carbocycles. The summed E-state index contributed by atoms with van der Waals surface area (Å²) >= 11 is 3.40. The van der Waals surface area contributed by atoms with Crippen LogP contribution in [0.15, 0.2) is 33.7 Å². The minimum Gasteiger partial charge on any atom is -0.329 e. The van der Waals surface area contributed by atoms with Gasteiger partial charge in [-0.15, -0.1) is 0 Å². The van der Waals surface area contributed by atoms with Crippen molar-refractivity contribution < 1.29 is 0 Å². The molecule has 2 nitrogen and oxygen atoms in total. The molecule has 0 aliphatic heterocycles. The topological polar surface area (TPSA) is 32.9 Å². The third-order valence-corrected chi connectivity index (χ3v) is 2.49. The molecule has 0 radical (unpaired) electrons. The zero-order valence-corrected chi connectivity index (χ0v) is 8.68. The number of fused-ring (bicyclic) bond motifs is 1. The Kier molecular flexibility index (Phi) is 1.96. The van der Waals surface area contributed by atoms with Gasteiger partial charge >= 0.3 is 0 Å². The van der Waals surface area contributed by atoms with Gasteiger partial charge in [0, 0.05) is 16.1 Å². The van der Waals surface area contributed by atoms with E-state index in [4.69, 9.17) is 0 Å². The van der Waals surface area contributed by atoms with Crippen molar-refractivity contribution in [2.75, 3.05) is 0 Å². The Balaban J connectivity index is 3.03. The van der Waals surface area contributed by atoms with E-state index in [-0.39, 0.29) is 5.56 Å². The van der Waals surface area contributed by atoms with Crippen molar-refractivity contribution in [3.63, 3.8) is 0 Å². The molecule has 0 saturated heterocycles. The van der Waals surface area contributed by atoms with Crippen LogP contribution < -0.4 is 5.56 Å². The van der Waals surface area contributed by atoms with Crippen molar-refractivity contribution in [3.8, 4) is 0 Å². The highest BCUT2D eigenvalue weighted by Crippen LogP contribution is 2.20. The van der Waals surface area contributed by atoms with Crippen molar-refractivity contribution in [3.05, 3.63) is 44.8 Å². The molecule has 0 aliphatic rings. The number of aromatic nitrogens is 1. The first-order valence-electron chi connectivity index (χ1n) is 3.96. The molecule has 1 heterocycles. The van der Waals surface area contributed by atoms with Gasteiger partial charge in [0.1, 0.15) is 0 Å². The predicted molar refractivity (Wildman–Crippen MR) is 57.0 cm³/mol. The van der Waals surface area contributed by atoms with Crippen LogP contribution in [0, 0.1) is 6.92 Å². The lowest BCUT2D eigenvalue weighted by molar-refractivity contribution is 1.27. The molecule has 66 valence electrons. The maximum absolute atomic E-state index is 11.4. The average Bonchev–Trinajstić information content (AvgIpc) is 2.02. The smallest absolute Gasteiger partial charge is 0.256 e. The molecule has 0 amide bonds. The number of hydrogen-bond donors (Lipinski definition) is 1. The van der Waals surface area contributed by atoms with Crippen molar-refractivity contribution in [2.24, 2.45) is 0 Å². The van der Waals surface area contributed by atoms with E-state index in [1.54, 1.807) is 6.20 Å². The second-order valence-electron chi connectivity index (χ2n) is 2.99. The second-order valence-corrected chi connectivity index (χ2v) is 3.91. The van der Waals surface area contributed by atoms with E-state index < -0.39 is 0 Å². The number of pyridine rings is 1. The number of halogens is 1. The van der Waals surface area contributed by atoms with Crippen LogP contribution in [0.3, 0.4) is 0 Å². The fourth-order valence-electron chi connectivity index (χ4n) is 1.49. The monoisotopic (exact) mass is 237 g/mol. The Bertz CT molecular complexity index is 516. The van der Waals surface area contributed by atoms with Crippen LogP contribution in [0.1, 0.15) is 5.56 Å². The molecule has 0 unspecified atom stereocenters. The number of benzene rings is 1. The highest BCUT2D eigenvalue weighted by Gasteiger charge is 2.02. The van der Waals surface area contributed by atoms with E-state index in [1.807, 2.05) is 25.1 Å². The van der Waals surface area contributed by atoms with Gasteiger partial charge in [-0.2, -0.15) is 0 Å². The summed E-state index contributed by atoms with van der Waals surface area (Å²) in [6.45, 7) is 1.93. The van der Waals surface area contributed by atoms with Crippen LogP contribution in [-0.2, 0) is 0 Å². The quantitative estimate of drug-likeness (QED) is 0.751. The molecule has 1 N–H and O–H groups in total. The molecule has 0 fully saturated rings. The third-order valence-electron chi connectivity index (χ3n) is 2.04. The summed E-state index contributed by atoms with van der Waals surface area (Å²) in [4.78, 5) is 14.1. The molecule has 0 atom stereocenters. The molecular weight excluding hydrogens is 230 g/mol. The number of aromatic amines is 1. The molecule has 1 aromatic heterocycles. The average molecular weight is 238 g/mol. The van der Waals surface area contributed by atoms with Crippen LogP contribution in [0.2, 0.25) is 0 Å². The highest BCUT2D eigenvalue weighted by atomic mass is 79.9. The lowest BCUT2D eigenvalue weighted by Gasteiger charge is -2.01. The number of hydrogen-bond acceptors (Lipinski definition) is 1. The molecule has 13 heavy (non-hydrogen) atoms. The highest BCUT2D eigenvalue weighted by molar-refractivity contribution is 9.10. The zero-order valence-electron chi connectivity index (χ0n) is 7.10. The standard InChI is InChI=1S/C10H8BrNO/c1-6-4-8(11)5-7-2-3-12-10(13)9(6)7/h2-5H,1H3,(H,12,13). The van der Waals surface area contributed by atoms with Crippen LogP contribution in [0.25, 0.3) is 10.8 Å². The van der Waals surface area contributed by atoms with Crippen molar-refractivity contribution in [2.45, 2.75) is 6.92 Å². The fraction of sp³-hybridized carbons (Fsp3) is 0.100. The molecule has 1 aromatic carbocycles. The van der Waals surface area contributed by atoms with Gasteiger partial charge in [-0.1, -0.05) is 15.9 Å². The van der Waals surface area contributed by atoms with Crippen molar-refractivity contribution in [1.29, 1.82) is 0 Å². The van der Waals surface area contributed by atoms with E-state index in [0.29, 0.717) is 0 Å². The minimum atomic E-state index is -0.0255. The number of H-pyrrole nitrogens is 1. The van der Waals surface area contributed by atoms with E-state index in [2.05, 4.69) is 20.9 Å². The summed E-state index contributed by atoms with van der Waals surface area (Å²) in [6, 6.07) is 5.78. The Morgan fingerprint density at radius 2 is 2.15 bits per heavy atom. The molecule has 2 aromatic rings. The molecular formula is C10H8BrNO. The zero-order chi connectivity index (χ0) is 9.42. The Morgan fingerprint density at radius 1 is 1.38 bits per heavy atom. The van der Waals surface area contributed by atoms with E-state index in [9.17, 15) is 4.79 Å². The van der Waals surface area contributed by atoms with Gasteiger partial charge in [0.2, 0.25) is 0 Å². The van der Waals surface area contributed by atoms with Gasteiger partial charge in [-0.05, 0) is 36.1 Å². The third kappa shape index (κ3) is 1.40. The first kappa shape index (κ1) is 8.51. The first-order chi connectivity index (χ1) is 6.18. The Hall–Kier alpha value is -1.09. The van der Waals surface area contributed by atoms with Crippen LogP contribution in [-0.4, -0.2) is 4.98 Å². The first-order valence-corrected chi connectivity index (χ1v) is 4.75. The molecule has 0 bridgehead atoms. The summed E-state index contributed by atoms with van der Waals surface area (Å²) in [7, 11) is 0. The summed E-state index contributed by atoms with van der Waals surface area (Å²) in [5, 5.41) is 1.74. The van der Waals surface area contributed by atoms with Crippen LogP contribution >= 0.6 is 15.9 Å². The van der Waals surface area contributed by atoms with E-state index in [0.717, 1.165) is 20.8 Å². The second kappa shape index (κ2) is 3.00. The van der Waals surface area contributed by atoms with Gasteiger partial charge in [0.25, 0.3) is 5.56 Å². The minimum absolute atomic E-state index is 0.0255. The Morgan fingerprint density at radius 3 is 2.92 bits per heavy atom. The van der Waals surface area contributed by atoms with Crippen molar-refractivity contribution >= 4 is 26.7 Å². The van der Waals surface area contributed by atoms with Gasteiger partial charge in [0.15, 0.2) is 0 Å². The maximum Gasteiger partial charge on any atom is 0.256 e. The largest absolute Gasteiger partial charge is 0.329 e. The number of aryl methyl sites for hydroxylation is 1. The SMILES string of the molecule is Cc1cc(Br)cc2cc[nH]c(=O)c12.